The van der Waals surface area contributed by atoms with Gasteiger partial charge in [0.05, 0.1) is 11.4 Å². The third-order valence-electron chi connectivity index (χ3n) is 2.18. The zero-order valence-electron chi connectivity index (χ0n) is 10.5. The lowest BCUT2D eigenvalue weighted by atomic mass is 10.2. The summed E-state index contributed by atoms with van der Waals surface area (Å²) in [6, 6.07) is 3.67. The third-order valence-corrected chi connectivity index (χ3v) is 2.18. The highest BCUT2D eigenvalue weighted by atomic mass is 19.1. The van der Waals surface area contributed by atoms with Crippen molar-refractivity contribution in [3.05, 3.63) is 24.0 Å². The molecule has 0 saturated carbocycles. The summed E-state index contributed by atoms with van der Waals surface area (Å²) in [6.45, 7) is 0.0556. The maximum atomic E-state index is 13.2. The molecule has 4 N–H and O–H groups in total. The normalized spacial score (nSPS) is 10.1. The maximum absolute atomic E-state index is 13.2. The van der Waals surface area contributed by atoms with Crippen LogP contribution in [0.5, 0.6) is 0 Å². The number of methoxy groups -OCH3 is 1. The fourth-order valence-electron chi connectivity index (χ4n) is 1.39. The topological polar surface area (TPSA) is 93.5 Å². The fraction of sp³-hybridized carbons (Fsp3) is 0.333. The molecule has 7 heteroatoms. The van der Waals surface area contributed by atoms with Crippen LogP contribution in [-0.4, -0.2) is 32.1 Å². The predicted octanol–water partition coefficient (Wildman–Crippen LogP) is 0.698. The molecule has 0 heterocycles. The summed E-state index contributed by atoms with van der Waals surface area (Å²) >= 11 is 0. The van der Waals surface area contributed by atoms with Crippen molar-refractivity contribution >= 4 is 23.2 Å². The van der Waals surface area contributed by atoms with Crippen molar-refractivity contribution in [2.45, 2.75) is 6.42 Å². The van der Waals surface area contributed by atoms with Gasteiger partial charge in [-0.2, -0.15) is 0 Å². The standard InChI is InChI=1S/C12H16FN3O3/c1-19-7-12(18)15-9-3-2-8(13)6-10(9)16-11(17)4-5-14/h2-3,6H,4-5,7,14H2,1H3,(H,15,18)(H,16,17). The Labute approximate surface area is 110 Å². The Morgan fingerprint density at radius 3 is 2.58 bits per heavy atom. The summed E-state index contributed by atoms with van der Waals surface area (Å²) in [5, 5.41) is 4.99. The minimum absolute atomic E-state index is 0.113. The molecule has 0 aliphatic carbocycles. The Morgan fingerprint density at radius 2 is 1.95 bits per heavy atom. The first-order valence-corrected chi connectivity index (χ1v) is 5.65. The quantitative estimate of drug-likeness (QED) is 0.708. The number of rotatable bonds is 6. The van der Waals surface area contributed by atoms with Gasteiger partial charge in [0.15, 0.2) is 0 Å². The lowest BCUT2D eigenvalue weighted by Crippen LogP contribution is -2.20. The second-order valence-corrected chi connectivity index (χ2v) is 3.76. The Bertz CT molecular complexity index is 466. The first-order chi connectivity index (χ1) is 9.06. The maximum Gasteiger partial charge on any atom is 0.250 e. The van der Waals surface area contributed by atoms with Gasteiger partial charge in [0.2, 0.25) is 11.8 Å². The Morgan fingerprint density at radius 1 is 1.26 bits per heavy atom. The van der Waals surface area contributed by atoms with Gasteiger partial charge in [-0.25, -0.2) is 4.39 Å². The van der Waals surface area contributed by atoms with Crippen molar-refractivity contribution in [1.82, 2.24) is 0 Å². The molecule has 0 aliphatic heterocycles. The average molecular weight is 269 g/mol. The summed E-state index contributed by atoms with van der Waals surface area (Å²) < 4.78 is 17.8. The van der Waals surface area contributed by atoms with Crippen LogP contribution in [0.15, 0.2) is 18.2 Å². The van der Waals surface area contributed by atoms with Crippen LogP contribution in [0.25, 0.3) is 0 Å². The minimum atomic E-state index is -0.521. The van der Waals surface area contributed by atoms with E-state index >= 15 is 0 Å². The van der Waals surface area contributed by atoms with Gasteiger partial charge >= 0.3 is 0 Å². The molecule has 1 aromatic rings. The molecule has 6 nitrogen and oxygen atoms in total. The number of hydrogen-bond acceptors (Lipinski definition) is 4. The van der Waals surface area contributed by atoms with Gasteiger partial charge in [-0.1, -0.05) is 0 Å². The van der Waals surface area contributed by atoms with Crippen molar-refractivity contribution in [1.29, 1.82) is 0 Å². The number of benzene rings is 1. The average Bonchev–Trinajstić information content (AvgIpc) is 2.33. The van der Waals surface area contributed by atoms with E-state index in [9.17, 15) is 14.0 Å². The molecule has 0 aliphatic rings. The number of nitrogens with two attached hydrogens (primary N) is 1. The van der Waals surface area contributed by atoms with E-state index in [0.29, 0.717) is 5.69 Å². The molecular weight excluding hydrogens is 253 g/mol. The SMILES string of the molecule is COCC(=O)Nc1ccc(F)cc1NC(=O)CCN. The van der Waals surface area contributed by atoms with Gasteiger partial charge in [0.1, 0.15) is 12.4 Å². The molecule has 19 heavy (non-hydrogen) atoms. The Kier molecular flexibility index (Phi) is 5.91. The first kappa shape index (κ1) is 15.1. The number of carbonyl (C=O) groups excluding carboxylic acids is 2. The lowest BCUT2D eigenvalue weighted by Gasteiger charge is -2.12. The molecular formula is C12H16FN3O3. The molecule has 0 fully saturated rings. The van der Waals surface area contributed by atoms with Gasteiger partial charge in [0.25, 0.3) is 0 Å². The summed E-state index contributed by atoms with van der Waals surface area (Å²) in [7, 11) is 1.38. The number of halogens is 1. The number of hydrogen-bond donors (Lipinski definition) is 3. The molecule has 0 spiro atoms. The van der Waals surface area contributed by atoms with E-state index in [1.165, 1.54) is 19.2 Å². The van der Waals surface area contributed by atoms with Crippen LogP contribution in [0, 0.1) is 5.82 Å². The van der Waals surface area contributed by atoms with E-state index in [1.807, 2.05) is 0 Å². The molecule has 0 saturated heterocycles. The summed E-state index contributed by atoms with van der Waals surface area (Å²) in [4.78, 5) is 22.8. The molecule has 0 bridgehead atoms. The highest BCUT2D eigenvalue weighted by molar-refractivity contribution is 5.99. The molecule has 1 aromatic carbocycles. The highest BCUT2D eigenvalue weighted by Crippen LogP contribution is 2.22. The van der Waals surface area contributed by atoms with Crippen LogP contribution in [0.1, 0.15) is 6.42 Å². The number of carbonyl (C=O) groups is 2. The molecule has 0 radical (unpaired) electrons. The number of nitrogens with one attached hydrogen (secondary N) is 2. The summed E-state index contributed by atoms with van der Waals surface area (Å²) in [5.74, 6) is -1.27. The second kappa shape index (κ2) is 7.45. The van der Waals surface area contributed by atoms with Crippen LogP contribution in [-0.2, 0) is 14.3 Å². The van der Waals surface area contributed by atoms with E-state index in [4.69, 9.17) is 5.73 Å². The second-order valence-electron chi connectivity index (χ2n) is 3.76. The van der Waals surface area contributed by atoms with Crippen LogP contribution < -0.4 is 16.4 Å². The summed E-state index contributed by atoms with van der Waals surface area (Å²) in [6.07, 6.45) is 0.113. The zero-order valence-corrected chi connectivity index (χ0v) is 10.5. The molecule has 104 valence electrons. The van der Waals surface area contributed by atoms with E-state index in [0.717, 1.165) is 6.07 Å². The third kappa shape index (κ3) is 5.02. The fourth-order valence-corrected chi connectivity index (χ4v) is 1.39. The van der Waals surface area contributed by atoms with Crippen LogP contribution >= 0.6 is 0 Å². The molecule has 0 unspecified atom stereocenters. The molecule has 2 amide bonds. The summed E-state index contributed by atoms with van der Waals surface area (Å²) in [5.41, 5.74) is 5.73. The van der Waals surface area contributed by atoms with Crippen molar-refractivity contribution in [2.75, 3.05) is 30.9 Å². The van der Waals surface area contributed by atoms with Gasteiger partial charge < -0.3 is 21.1 Å². The van der Waals surface area contributed by atoms with Crippen molar-refractivity contribution < 1.29 is 18.7 Å². The Balaban J connectivity index is 2.85. The van der Waals surface area contributed by atoms with Crippen LogP contribution in [0.4, 0.5) is 15.8 Å². The number of amides is 2. The van der Waals surface area contributed by atoms with E-state index in [-0.39, 0.29) is 31.2 Å². The van der Waals surface area contributed by atoms with Crippen molar-refractivity contribution in [3.8, 4) is 0 Å². The minimum Gasteiger partial charge on any atom is -0.375 e. The monoisotopic (exact) mass is 269 g/mol. The van der Waals surface area contributed by atoms with E-state index in [2.05, 4.69) is 15.4 Å². The van der Waals surface area contributed by atoms with Gasteiger partial charge in [-0.15, -0.1) is 0 Å². The number of ether oxygens (including phenoxy) is 1. The van der Waals surface area contributed by atoms with E-state index < -0.39 is 11.7 Å². The lowest BCUT2D eigenvalue weighted by molar-refractivity contribution is -0.119. The Hall–Kier alpha value is -1.99. The molecule has 0 aromatic heterocycles. The molecule has 1 rings (SSSR count). The van der Waals surface area contributed by atoms with Gasteiger partial charge in [-0.05, 0) is 18.2 Å². The van der Waals surface area contributed by atoms with Crippen molar-refractivity contribution in [3.63, 3.8) is 0 Å². The van der Waals surface area contributed by atoms with Gasteiger partial charge in [0, 0.05) is 20.1 Å². The van der Waals surface area contributed by atoms with Crippen LogP contribution in [0.2, 0.25) is 0 Å². The first-order valence-electron chi connectivity index (χ1n) is 5.65. The van der Waals surface area contributed by atoms with E-state index in [1.54, 1.807) is 0 Å². The molecule has 0 atom stereocenters. The highest BCUT2D eigenvalue weighted by Gasteiger charge is 2.10. The smallest absolute Gasteiger partial charge is 0.250 e. The van der Waals surface area contributed by atoms with Gasteiger partial charge in [-0.3, -0.25) is 9.59 Å². The largest absolute Gasteiger partial charge is 0.375 e. The number of anilines is 2. The predicted molar refractivity (Wildman–Crippen MR) is 69.2 cm³/mol. The van der Waals surface area contributed by atoms with Crippen LogP contribution in [0.3, 0.4) is 0 Å². The van der Waals surface area contributed by atoms with Crippen molar-refractivity contribution in [2.24, 2.45) is 5.73 Å². The zero-order chi connectivity index (χ0) is 14.3.